The van der Waals surface area contributed by atoms with Gasteiger partial charge in [-0.2, -0.15) is 5.10 Å². The fourth-order valence-electron chi connectivity index (χ4n) is 2.92. The molecule has 0 aliphatic carbocycles. The summed E-state index contributed by atoms with van der Waals surface area (Å²) in [4.78, 5) is 41.5. The highest BCUT2D eigenvalue weighted by Gasteiger charge is 2.28. The van der Waals surface area contributed by atoms with Crippen molar-refractivity contribution in [3.05, 3.63) is 0 Å². The number of nitrogens with zero attached hydrogens (tertiary/aromatic N) is 4. The summed E-state index contributed by atoms with van der Waals surface area (Å²) in [5, 5.41) is 3.85. The fraction of sp³-hybridized carbons (Fsp3) is 0.750. The Morgan fingerprint density at radius 3 is 2.25 bits per heavy atom. The van der Waals surface area contributed by atoms with Crippen LogP contribution in [0.2, 0.25) is 0 Å². The van der Waals surface area contributed by atoms with Crippen LogP contribution in [-0.2, 0) is 14.4 Å². The molecule has 3 amide bonds. The predicted molar refractivity (Wildman–Crippen MR) is 90.4 cm³/mol. The second-order valence-electron chi connectivity index (χ2n) is 6.04. The normalized spacial score (nSPS) is 18.5. The number of hydrogen-bond acceptors (Lipinski definition) is 5. The van der Waals surface area contributed by atoms with Crippen LogP contribution in [0, 0.1) is 0 Å². The molecule has 134 valence electrons. The number of nitrogens with one attached hydrogen (secondary N) is 1. The summed E-state index contributed by atoms with van der Waals surface area (Å²) in [6, 6.07) is 0. The van der Waals surface area contributed by atoms with E-state index in [4.69, 9.17) is 0 Å². The van der Waals surface area contributed by atoms with Gasteiger partial charge in [0.2, 0.25) is 11.8 Å². The standard InChI is InChI=1S/C16H27N5O3/c1-3-19(4-2)8-7-15(23)20-9-11-21(12-10-20)16(24)13-5-6-14(22)18-17-13/h3-12H2,1-2H3,(H,18,22). The highest BCUT2D eigenvalue weighted by molar-refractivity contribution is 6.39. The molecule has 1 fully saturated rings. The van der Waals surface area contributed by atoms with Crippen molar-refractivity contribution in [2.24, 2.45) is 5.10 Å². The van der Waals surface area contributed by atoms with Crippen LogP contribution in [0.4, 0.5) is 0 Å². The lowest BCUT2D eigenvalue weighted by Gasteiger charge is -2.35. The minimum atomic E-state index is -0.157. The van der Waals surface area contributed by atoms with Crippen molar-refractivity contribution in [1.82, 2.24) is 20.1 Å². The minimum Gasteiger partial charge on any atom is -0.339 e. The molecule has 2 aliphatic heterocycles. The summed E-state index contributed by atoms with van der Waals surface area (Å²) in [5.74, 6) is -0.142. The second kappa shape index (κ2) is 8.77. The average molecular weight is 337 g/mol. The van der Waals surface area contributed by atoms with Gasteiger partial charge in [0, 0.05) is 52.0 Å². The third-order valence-corrected chi connectivity index (χ3v) is 4.61. The molecular weight excluding hydrogens is 310 g/mol. The number of piperazine rings is 1. The molecule has 1 saturated heterocycles. The number of hydrogen-bond donors (Lipinski definition) is 1. The van der Waals surface area contributed by atoms with Gasteiger partial charge in [-0.1, -0.05) is 13.8 Å². The Morgan fingerprint density at radius 2 is 1.71 bits per heavy atom. The molecule has 0 radical (unpaired) electrons. The second-order valence-corrected chi connectivity index (χ2v) is 6.04. The monoisotopic (exact) mass is 337 g/mol. The van der Waals surface area contributed by atoms with Crippen LogP contribution in [0.5, 0.6) is 0 Å². The van der Waals surface area contributed by atoms with E-state index in [1.807, 2.05) is 4.90 Å². The summed E-state index contributed by atoms with van der Waals surface area (Å²) in [7, 11) is 0. The Labute approximate surface area is 142 Å². The van der Waals surface area contributed by atoms with Crippen LogP contribution < -0.4 is 5.43 Å². The SMILES string of the molecule is CCN(CC)CCC(=O)N1CCN(C(=O)C2=NNC(=O)CC2)CC1. The van der Waals surface area contributed by atoms with E-state index in [0.29, 0.717) is 51.2 Å². The van der Waals surface area contributed by atoms with Crippen molar-refractivity contribution >= 4 is 23.4 Å². The highest BCUT2D eigenvalue weighted by Crippen LogP contribution is 2.09. The van der Waals surface area contributed by atoms with Crippen LogP contribution in [-0.4, -0.2) is 83.9 Å². The van der Waals surface area contributed by atoms with Crippen LogP contribution >= 0.6 is 0 Å². The molecule has 0 atom stereocenters. The number of rotatable bonds is 6. The van der Waals surface area contributed by atoms with Crippen LogP contribution in [0.1, 0.15) is 33.1 Å². The summed E-state index contributed by atoms with van der Waals surface area (Å²) in [6.45, 7) is 9.01. The molecule has 0 bridgehead atoms. The first-order valence-electron chi connectivity index (χ1n) is 8.70. The van der Waals surface area contributed by atoms with Gasteiger partial charge in [-0.15, -0.1) is 0 Å². The number of hydrazone groups is 1. The molecule has 8 heteroatoms. The Bertz CT molecular complexity index is 508. The first-order valence-corrected chi connectivity index (χ1v) is 8.70. The van der Waals surface area contributed by atoms with Crippen LogP contribution in [0.15, 0.2) is 5.10 Å². The molecule has 0 spiro atoms. The van der Waals surface area contributed by atoms with E-state index < -0.39 is 0 Å². The Morgan fingerprint density at radius 1 is 1.08 bits per heavy atom. The minimum absolute atomic E-state index is 0.134. The van der Waals surface area contributed by atoms with Gasteiger partial charge < -0.3 is 14.7 Å². The van der Waals surface area contributed by atoms with Gasteiger partial charge in [0.25, 0.3) is 5.91 Å². The Hall–Kier alpha value is -1.96. The maximum absolute atomic E-state index is 12.4. The predicted octanol–water partition coefficient (Wildman–Crippen LogP) is -0.345. The maximum Gasteiger partial charge on any atom is 0.270 e. The van der Waals surface area contributed by atoms with Gasteiger partial charge in [-0.25, -0.2) is 5.43 Å². The van der Waals surface area contributed by atoms with Gasteiger partial charge in [0.1, 0.15) is 5.71 Å². The summed E-state index contributed by atoms with van der Waals surface area (Å²) >= 11 is 0. The zero-order valence-electron chi connectivity index (χ0n) is 14.6. The van der Waals surface area contributed by atoms with E-state index in [1.54, 1.807) is 4.90 Å². The van der Waals surface area contributed by atoms with E-state index >= 15 is 0 Å². The molecule has 0 aromatic carbocycles. The maximum atomic E-state index is 12.4. The van der Waals surface area contributed by atoms with E-state index in [9.17, 15) is 14.4 Å². The molecule has 0 saturated carbocycles. The molecule has 2 aliphatic rings. The van der Waals surface area contributed by atoms with Crippen molar-refractivity contribution in [1.29, 1.82) is 0 Å². The lowest BCUT2D eigenvalue weighted by atomic mass is 10.1. The molecule has 0 aromatic rings. The average Bonchev–Trinajstić information content (AvgIpc) is 2.62. The summed E-state index contributed by atoms with van der Waals surface area (Å²) in [5.41, 5.74) is 2.75. The van der Waals surface area contributed by atoms with Gasteiger partial charge in [-0.3, -0.25) is 14.4 Å². The van der Waals surface area contributed by atoms with E-state index in [0.717, 1.165) is 19.6 Å². The van der Waals surface area contributed by atoms with E-state index in [-0.39, 0.29) is 17.7 Å². The fourth-order valence-corrected chi connectivity index (χ4v) is 2.92. The topological polar surface area (TPSA) is 85.3 Å². The van der Waals surface area contributed by atoms with Gasteiger partial charge in [0.15, 0.2) is 0 Å². The lowest BCUT2D eigenvalue weighted by Crippen LogP contribution is -2.53. The van der Waals surface area contributed by atoms with Gasteiger partial charge in [-0.05, 0) is 13.1 Å². The van der Waals surface area contributed by atoms with Crippen molar-refractivity contribution in [2.45, 2.75) is 33.1 Å². The van der Waals surface area contributed by atoms with Gasteiger partial charge >= 0.3 is 0 Å². The Balaban J connectivity index is 1.77. The molecule has 0 unspecified atom stereocenters. The van der Waals surface area contributed by atoms with Crippen molar-refractivity contribution in [3.63, 3.8) is 0 Å². The van der Waals surface area contributed by atoms with Crippen molar-refractivity contribution in [3.8, 4) is 0 Å². The zero-order chi connectivity index (χ0) is 17.5. The smallest absolute Gasteiger partial charge is 0.270 e. The highest BCUT2D eigenvalue weighted by atomic mass is 16.2. The molecule has 2 heterocycles. The number of carbonyl (C=O) groups is 3. The molecule has 24 heavy (non-hydrogen) atoms. The van der Waals surface area contributed by atoms with Crippen LogP contribution in [0.3, 0.4) is 0 Å². The quantitative estimate of drug-likeness (QED) is 0.718. The van der Waals surface area contributed by atoms with Crippen molar-refractivity contribution < 1.29 is 14.4 Å². The molecule has 1 N–H and O–H groups in total. The summed E-state index contributed by atoms with van der Waals surface area (Å²) in [6.07, 6.45) is 1.20. The third-order valence-electron chi connectivity index (χ3n) is 4.61. The van der Waals surface area contributed by atoms with E-state index in [2.05, 4.69) is 29.3 Å². The zero-order valence-corrected chi connectivity index (χ0v) is 14.6. The third kappa shape index (κ3) is 4.77. The van der Waals surface area contributed by atoms with Gasteiger partial charge in [0.05, 0.1) is 0 Å². The molecular formula is C16H27N5O3. The first kappa shape index (κ1) is 18.4. The lowest BCUT2D eigenvalue weighted by molar-refractivity contribution is -0.137. The Kier molecular flexibility index (Phi) is 6.72. The number of carbonyl (C=O) groups excluding carboxylic acids is 3. The largest absolute Gasteiger partial charge is 0.339 e. The molecule has 2 rings (SSSR count). The summed E-state index contributed by atoms with van der Waals surface area (Å²) < 4.78 is 0. The van der Waals surface area contributed by atoms with Crippen LogP contribution in [0.25, 0.3) is 0 Å². The van der Waals surface area contributed by atoms with E-state index in [1.165, 1.54) is 0 Å². The van der Waals surface area contributed by atoms with Crippen molar-refractivity contribution in [2.75, 3.05) is 45.8 Å². The molecule has 0 aromatic heterocycles. The molecule has 8 nitrogen and oxygen atoms in total. The first-order chi connectivity index (χ1) is 11.5. The number of amides is 3.